The van der Waals surface area contributed by atoms with Gasteiger partial charge in [-0.05, 0) is 12.8 Å². The fourth-order valence-corrected chi connectivity index (χ4v) is 2.65. The molecule has 0 aliphatic heterocycles. The summed E-state index contributed by atoms with van der Waals surface area (Å²) in [6, 6.07) is 0. The van der Waals surface area contributed by atoms with Crippen molar-refractivity contribution < 1.29 is 23.1 Å². The number of carbonyl (C=O) groups is 1. The van der Waals surface area contributed by atoms with Crippen LogP contribution < -0.4 is 4.72 Å². The molecule has 2 N–H and O–H groups in total. The first-order valence-corrected chi connectivity index (χ1v) is 8.09. The predicted octanol–water partition coefficient (Wildman–Crippen LogP) is 0.114. The highest BCUT2D eigenvalue weighted by Gasteiger charge is 2.28. The number of ether oxygens (including phenoxy) is 1. The summed E-state index contributed by atoms with van der Waals surface area (Å²) < 4.78 is 32.0. The average Bonchev–Trinajstić information content (AvgIpc) is 2.46. The lowest BCUT2D eigenvalue weighted by Gasteiger charge is -2.30. The summed E-state index contributed by atoms with van der Waals surface area (Å²) in [6.45, 7) is 3.96. The van der Waals surface area contributed by atoms with Gasteiger partial charge in [0.1, 0.15) is 0 Å². The Bertz CT molecular complexity index is 384. The third kappa shape index (κ3) is 5.74. The first-order valence-electron chi connectivity index (χ1n) is 6.65. The highest BCUT2D eigenvalue weighted by Crippen LogP contribution is 2.24. The van der Waals surface area contributed by atoms with Crippen molar-refractivity contribution in [1.82, 2.24) is 9.03 Å². The third-order valence-electron chi connectivity index (χ3n) is 3.73. The molecule has 0 amide bonds. The second-order valence-corrected chi connectivity index (χ2v) is 6.70. The first-order chi connectivity index (χ1) is 9.26. The van der Waals surface area contributed by atoms with E-state index in [4.69, 9.17) is 0 Å². The number of aliphatic hydroxyl groups is 1. The summed E-state index contributed by atoms with van der Waals surface area (Å²) in [5, 5.41) is 9.41. The number of nitrogens with zero attached hydrogens (tertiary/aromatic N) is 1. The molecule has 20 heavy (non-hydrogen) atoms. The molecule has 0 saturated carbocycles. The summed E-state index contributed by atoms with van der Waals surface area (Å²) in [6.07, 6.45) is 1.35. The lowest BCUT2D eigenvalue weighted by molar-refractivity contribution is -0.140. The van der Waals surface area contributed by atoms with Crippen molar-refractivity contribution in [2.24, 2.45) is 5.41 Å². The summed E-state index contributed by atoms with van der Waals surface area (Å²) in [5.41, 5.74) is -0.448. The third-order valence-corrected chi connectivity index (χ3v) is 5.25. The quantitative estimate of drug-likeness (QED) is 0.559. The number of nitrogens with one attached hydrogen (secondary N) is 1. The number of methoxy groups -OCH3 is 1. The van der Waals surface area contributed by atoms with Crippen molar-refractivity contribution in [3.05, 3.63) is 0 Å². The van der Waals surface area contributed by atoms with Gasteiger partial charge < -0.3 is 9.84 Å². The van der Waals surface area contributed by atoms with Crippen LogP contribution in [0, 0.1) is 5.41 Å². The Morgan fingerprint density at radius 3 is 2.30 bits per heavy atom. The standard InChI is InChI=1S/C12H26N2O5S/c1-5-12(6-2,10-15)9-13-20(17,18)14(3)8-7-11(16)19-4/h13,15H,5-10H2,1-4H3. The normalized spacial score (nSPS) is 12.7. The molecule has 0 aliphatic rings. The summed E-state index contributed by atoms with van der Waals surface area (Å²) in [5.74, 6) is -0.459. The van der Waals surface area contributed by atoms with Gasteiger partial charge in [-0.15, -0.1) is 0 Å². The SMILES string of the molecule is CCC(CC)(CO)CNS(=O)(=O)N(C)CCC(=O)OC. The van der Waals surface area contributed by atoms with E-state index in [1.54, 1.807) is 0 Å². The Kier molecular flexibility index (Phi) is 8.26. The molecular formula is C12H26N2O5S. The molecule has 0 bridgehead atoms. The maximum absolute atomic E-state index is 12.0. The number of rotatable bonds is 10. The molecule has 0 rings (SSSR count). The Labute approximate surface area is 121 Å². The molecule has 0 spiro atoms. The van der Waals surface area contributed by atoms with Gasteiger partial charge in [0.15, 0.2) is 0 Å². The number of esters is 1. The van der Waals surface area contributed by atoms with Crippen LogP contribution in [0.2, 0.25) is 0 Å². The van der Waals surface area contributed by atoms with E-state index in [2.05, 4.69) is 9.46 Å². The fraction of sp³-hybridized carbons (Fsp3) is 0.917. The van der Waals surface area contributed by atoms with Crippen molar-refractivity contribution in [2.75, 3.05) is 33.9 Å². The van der Waals surface area contributed by atoms with E-state index in [-0.39, 0.29) is 26.1 Å². The van der Waals surface area contributed by atoms with Gasteiger partial charge >= 0.3 is 5.97 Å². The summed E-state index contributed by atoms with van der Waals surface area (Å²) >= 11 is 0. The molecule has 7 nitrogen and oxygen atoms in total. The van der Waals surface area contributed by atoms with Gasteiger partial charge in [-0.1, -0.05) is 13.8 Å². The van der Waals surface area contributed by atoms with Crippen LogP contribution in [0.3, 0.4) is 0 Å². The van der Waals surface area contributed by atoms with Crippen LogP contribution >= 0.6 is 0 Å². The highest BCUT2D eigenvalue weighted by atomic mass is 32.2. The number of aliphatic hydroxyl groups excluding tert-OH is 1. The maximum atomic E-state index is 12.0. The average molecular weight is 310 g/mol. The van der Waals surface area contributed by atoms with Crippen LogP contribution in [0.25, 0.3) is 0 Å². The van der Waals surface area contributed by atoms with E-state index in [0.717, 1.165) is 4.31 Å². The van der Waals surface area contributed by atoms with E-state index in [9.17, 15) is 18.3 Å². The topological polar surface area (TPSA) is 95.9 Å². The Balaban J connectivity index is 4.54. The van der Waals surface area contributed by atoms with Gasteiger partial charge in [-0.3, -0.25) is 4.79 Å². The molecule has 0 unspecified atom stereocenters. The van der Waals surface area contributed by atoms with Crippen molar-refractivity contribution in [2.45, 2.75) is 33.1 Å². The van der Waals surface area contributed by atoms with Gasteiger partial charge in [0, 0.05) is 32.2 Å². The molecule has 0 aromatic heterocycles. The monoisotopic (exact) mass is 310 g/mol. The van der Waals surface area contributed by atoms with Crippen molar-refractivity contribution in [3.63, 3.8) is 0 Å². The number of carbonyl (C=O) groups excluding carboxylic acids is 1. The first kappa shape index (κ1) is 19.3. The van der Waals surface area contributed by atoms with Crippen LogP contribution in [-0.4, -0.2) is 57.7 Å². The number of hydrogen-bond acceptors (Lipinski definition) is 5. The predicted molar refractivity (Wildman–Crippen MR) is 76.3 cm³/mol. The molecule has 0 aromatic rings. The van der Waals surface area contributed by atoms with Crippen LogP contribution in [0.1, 0.15) is 33.1 Å². The van der Waals surface area contributed by atoms with E-state index < -0.39 is 21.6 Å². The summed E-state index contributed by atoms with van der Waals surface area (Å²) in [4.78, 5) is 11.0. The lowest BCUT2D eigenvalue weighted by Crippen LogP contribution is -2.45. The van der Waals surface area contributed by atoms with Crippen molar-refractivity contribution >= 4 is 16.2 Å². The van der Waals surface area contributed by atoms with Crippen molar-refractivity contribution in [3.8, 4) is 0 Å². The molecule has 8 heteroatoms. The minimum atomic E-state index is -3.66. The molecule has 0 saturated heterocycles. The minimum Gasteiger partial charge on any atom is -0.469 e. The molecule has 120 valence electrons. The van der Waals surface area contributed by atoms with Crippen LogP contribution in [-0.2, 0) is 19.7 Å². The highest BCUT2D eigenvalue weighted by molar-refractivity contribution is 7.87. The van der Waals surface area contributed by atoms with Gasteiger partial charge in [-0.2, -0.15) is 12.7 Å². The lowest BCUT2D eigenvalue weighted by atomic mass is 9.84. The van der Waals surface area contributed by atoms with E-state index >= 15 is 0 Å². The van der Waals surface area contributed by atoms with E-state index in [1.807, 2.05) is 13.8 Å². The van der Waals surface area contributed by atoms with Crippen LogP contribution in [0.15, 0.2) is 0 Å². The minimum absolute atomic E-state index is 0.000604. The Hall–Kier alpha value is -0.700. The zero-order valence-corrected chi connectivity index (χ0v) is 13.5. The zero-order valence-electron chi connectivity index (χ0n) is 12.7. The number of hydrogen-bond donors (Lipinski definition) is 2. The second kappa shape index (κ2) is 8.56. The molecule has 0 aromatic carbocycles. The summed E-state index contributed by atoms with van der Waals surface area (Å²) in [7, 11) is -1.01. The van der Waals surface area contributed by atoms with Gasteiger partial charge in [0.25, 0.3) is 10.2 Å². The largest absolute Gasteiger partial charge is 0.469 e. The fourth-order valence-electron chi connectivity index (χ4n) is 1.60. The van der Waals surface area contributed by atoms with Gasteiger partial charge in [0.05, 0.1) is 13.5 Å². The van der Waals surface area contributed by atoms with Crippen LogP contribution in [0.5, 0.6) is 0 Å². The van der Waals surface area contributed by atoms with Gasteiger partial charge in [-0.25, -0.2) is 4.72 Å². The Morgan fingerprint density at radius 1 is 1.35 bits per heavy atom. The van der Waals surface area contributed by atoms with Crippen molar-refractivity contribution in [1.29, 1.82) is 0 Å². The smallest absolute Gasteiger partial charge is 0.306 e. The zero-order chi connectivity index (χ0) is 15.8. The van der Waals surface area contributed by atoms with Crippen LogP contribution in [0.4, 0.5) is 0 Å². The Morgan fingerprint density at radius 2 is 1.90 bits per heavy atom. The molecule has 0 aliphatic carbocycles. The molecule has 0 heterocycles. The molecule has 0 radical (unpaired) electrons. The van der Waals surface area contributed by atoms with Gasteiger partial charge in [0.2, 0.25) is 0 Å². The maximum Gasteiger partial charge on any atom is 0.306 e. The molecular weight excluding hydrogens is 284 g/mol. The molecule has 0 atom stereocenters. The van der Waals surface area contributed by atoms with E-state index in [0.29, 0.717) is 12.8 Å². The second-order valence-electron chi connectivity index (χ2n) is 4.84. The van der Waals surface area contributed by atoms with E-state index in [1.165, 1.54) is 14.2 Å². The molecule has 0 fully saturated rings.